The summed E-state index contributed by atoms with van der Waals surface area (Å²) in [6.45, 7) is -0.558. The molecule has 9 nitrogen and oxygen atoms in total. The Hall–Kier alpha value is -3.27. The number of nitrogens with zero attached hydrogens (tertiary/aromatic N) is 3. The average molecular weight is 388 g/mol. The maximum Gasteiger partial charge on any atom is 0.327 e. The highest BCUT2D eigenvalue weighted by atomic mass is 32.2. The number of nitro groups is 1. The summed E-state index contributed by atoms with van der Waals surface area (Å²) in [4.78, 5) is 38.7. The molecule has 0 saturated carbocycles. The Morgan fingerprint density at radius 1 is 1.22 bits per heavy atom. The van der Waals surface area contributed by atoms with Crippen molar-refractivity contribution >= 4 is 46.5 Å². The minimum absolute atomic E-state index is 0.104. The minimum atomic E-state index is -1.18. The zero-order chi connectivity index (χ0) is 19.7. The Morgan fingerprint density at radius 2 is 1.93 bits per heavy atom. The zero-order valence-electron chi connectivity index (χ0n) is 14.5. The van der Waals surface area contributed by atoms with Crippen LogP contribution in [0.2, 0.25) is 0 Å². The third-order valence-electron chi connectivity index (χ3n) is 3.91. The fourth-order valence-electron chi connectivity index (χ4n) is 2.78. The highest BCUT2D eigenvalue weighted by Gasteiger charge is 2.35. The van der Waals surface area contributed by atoms with Gasteiger partial charge < -0.3 is 15.3 Å². The topological polar surface area (TPSA) is 116 Å². The lowest BCUT2D eigenvalue weighted by atomic mass is 10.2. The fourth-order valence-corrected chi connectivity index (χ4v) is 3.95. The Bertz CT molecular complexity index is 947. The van der Waals surface area contributed by atoms with Crippen LogP contribution < -0.4 is 15.1 Å². The van der Waals surface area contributed by atoms with Gasteiger partial charge in [-0.25, -0.2) is 4.79 Å². The van der Waals surface area contributed by atoms with Crippen LogP contribution in [0.3, 0.4) is 0 Å². The molecule has 0 radical (unpaired) electrons. The first-order chi connectivity index (χ1) is 12.8. The van der Waals surface area contributed by atoms with Crippen LogP contribution in [0.5, 0.6) is 0 Å². The van der Waals surface area contributed by atoms with E-state index in [0.29, 0.717) is 26.9 Å². The summed E-state index contributed by atoms with van der Waals surface area (Å²) in [5.41, 5.74) is 1.17. The van der Waals surface area contributed by atoms with Gasteiger partial charge in [0.25, 0.3) is 0 Å². The standard InChI is InChI=1S/C17H16N4O5S/c1-19(2)11-7-8-12-16(15(11)21(25)26)27-13-6-4-3-5-10(13)20(12)17(24)18-9-14(22)23/h3-8H,9H2,1-2H3,(H,18,24)(H,22,23). The lowest BCUT2D eigenvalue weighted by Crippen LogP contribution is -2.40. The fraction of sp³-hybridized carbons (Fsp3) is 0.176. The molecule has 27 heavy (non-hydrogen) atoms. The molecule has 3 rings (SSSR count). The molecule has 2 N–H and O–H groups in total. The third-order valence-corrected chi connectivity index (χ3v) is 5.08. The van der Waals surface area contributed by atoms with E-state index in [2.05, 4.69) is 5.32 Å². The molecule has 0 saturated heterocycles. The zero-order valence-corrected chi connectivity index (χ0v) is 15.3. The molecule has 0 bridgehead atoms. The first kappa shape index (κ1) is 18.5. The predicted molar refractivity (Wildman–Crippen MR) is 101 cm³/mol. The van der Waals surface area contributed by atoms with Crippen molar-refractivity contribution in [2.24, 2.45) is 0 Å². The molecule has 0 aliphatic carbocycles. The third kappa shape index (κ3) is 3.38. The maximum atomic E-state index is 12.7. The predicted octanol–water partition coefficient (Wildman–Crippen LogP) is 3.06. The van der Waals surface area contributed by atoms with Crippen molar-refractivity contribution in [1.29, 1.82) is 0 Å². The van der Waals surface area contributed by atoms with E-state index in [1.807, 2.05) is 0 Å². The lowest BCUT2D eigenvalue weighted by molar-refractivity contribution is -0.386. The van der Waals surface area contributed by atoms with Crippen molar-refractivity contribution in [2.45, 2.75) is 9.79 Å². The van der Waals surface area contributed by atoms with E-state index in [1.54, 1.807) is 55.4 Å². The maximum absolute atomic E-state index is 12.7. The van der Waals surface area contributed by atoms with E-state index in [4.69, 9.17) is 5.11 Å². The van der Waals surface area contributed by atoms with Gasteiger partial charge in [0, 0.05) is 19.0 Å². The number of aliphatic carboxylic acids is 1. The van der Waals surface area contributed by atoms with Crippen molar-refractivity contribution in [1.82, 2.24) is 5.32 Å². The van der Waals surface area contributed by atoms with Crippen molar-refractivity contribution < 1.29 is 19.6 Å². The molecule has 1 heterocycles. The van der Waals surface area contributed by atoms with Crippen molar-refractivity contribution in [3.8, 4) is 0 Å². The van der Waals surface area contributed by atoms with Crippen molar-refractivity contribution in [3.05, 3.63) is 46.5 Å². The van der Waals surface area contributed by atoms with E-state index in [9.17, 15) is 19.7 Å². The molecule has 2 amide bonds. The van der Waals surface area contributed by atoms with Gasteiger partial charge in [0.2, 0.25) is 0 Å². The van der Waals surface area contributed by atoms with Gasteiger partial charge in [-0.15, -0.1) is 0 Å². The van der Waals surface area contributed by atoms with Crippen molar-refractivity contribution in [3.63, 3.8) is 0 Å². The Labute approximate surface area is 158 Å². The molecule has 0 aromatic heterocycles. The van der Waals surface area contributed by atoms with E-state index in [1.165, 1.54) is 16.7 Å². The van der Waals surface area contributed by atoms with Gasteiger partial charge in [-0.05, 0) is 24.3 Å². The number of benzene rings is 2. The van der Waals surface area contributed by atoms with Crippen LogP contribution in [-0.4, -0.2) is 42.7 Å². The van der Waals surface area contributed by atoms with Gasteiger partial charge in [0.15, 0.2) is 0 Å². The highest BCUT2D eigenvalue weighted by Crippen LogP contribution is 2.53. The summed E-state index contributed by atoms with van der Waals surface area (Å²) < 4.78 is 0. The second-order valence-corrected chi connectivity index (χ2v) is 6.94. The number of para-hydroxylation sites is 1. The van der Waals surface area contributed by atoms with Crippen LogP contribution in [-0.2, 0) is 4.79 Å². The number of anilines is 3. The smallest absolute Gasteiger partial charge is 0.327 e. The minimum Gasteiger partial charge on any atom is -0.480 e. The van der Waals surface area contributed by atoms with E-state index in [-0.39, 0.29) is 5.69 Å². The van der Waals surface area contributed by atoms with E-state index in [0.717, 1.165) is 0 Å². The van der Waals surface area contributed by atoms with E-state index < -0.39 is 23.5 Å². The molecule has 0 unspecified atom stereocenters. The van der Waals surface area contributed by atoms with Crippen LogP contribution in [0.1, 0.15) is 0 Å². The number of carboxylic acid groups (broad SMARTS) is 1. The average Bonchev–Trinajstić information content (AvgIpc) is 2.62. The highest BCUT2D eigenvalue weighted by molar-refractivity contribution is 8.00. The summed E-state index contributed by atoms with van der Waals surface area (Å²) in [6, 6.07) is 9.50. The molecule has 2 aromatic rings. The monoisotopic (exact) mass is 388 g/mol. The summed E-state index contributed by atoms with van der Waals surface area (Å²) >= 11 is 1.21. The molecule has 1 aliphatic rings. The molecule has 10 heteroatoms. The van der Waals surface area contributed by atoms with Gasteiger partial charge in [0.1, 0.15) is 17.1 Å². The Kier molecular flexibility index (Phi) is 4.91. The SMILES string of the molecule is CN(C)c1ccc2c(c1[N+](=O)[O-])Sc1ccccc1N2C(=O)NCC(=O)O. The molecule has 0 atom stereocenters. The summed E-state index contributed by atoms with van der Waals surface area (Å²) in [5.74, 6) is -1.18. The quantitative estimate of drug-likeness (QED) is 0.611. The molecule has 140 valence electrons. The van der Waals surface area contributed by atoms with Crippen LogP contribution in [0.4, 0.5) is 27.5 Å². The molecule has 0 fully saturated rings. The number of hydrogen-bond donors (Lipinski definition) is 2. The number of nitrogens with one attached hydrogen (secondary N) is 1. The number of amides is 2. The molecule has 0 spiro atoms. The Balaban J connectivity index is 2.19. The molecular weight excluding hydrogens is 372 g/mol. The van der Waals surface area contributed by atoms with Crippen LogP contribution >= 0.6 is 11.8 Å². The second-order valence-electron chi connectivity index (χ2n) is 5.89. The summed E-state index contributed by atoms with van der Waals surface area (Å²) in [5, 5.41) is 22.9. The Morgan fingerprint density at radius 3 is 2.56 bits per heavy atom. The van der Waals surface area contributed by atoms with Gasteiger partial charge in [-0.3, -0.25) is 19.8 Å². The van der Waals surface area contributed by atoms with Crippen LogP contribution in [0.25, 0.3) is 0 Å². The number of carboxylic acids is 1. The largest absolute Gasteiger partial charge is 0.480 e. The summed E-state index contributed by atoms with van der Waals surface area (Å²) in [7, 11) is 3.40. The molecular formula is C17H16N4O5S. The van der Waals surface area contributed by atoms with Gasteiger partial charge in [0.05, 0.1) is 16.3 Å². The van der Waals surface area contributed by atoms with Gasteiger partial charge >= 0.3 is 17.7 Å². The molecule has 2 aromatic carbocycles. The van der Waals surface area contributed by atoms with Gasteiger partial charge in [-0.2, -0.15) is 0 Å². The number of nitro benzene ring substituents is 1. The first-order valence-corrected chi connectivity index (χ1v) is 8.68. The number of fused-ring (bicyclic) bond motifs is 2. The number of carbonyl (C=O) groups is 2. The first-order valence-electron chi connectivity index (χ1n) is 7.86. The van der Waals surface area contributed by atoms with Crippen LogP contribution in [0.15, 0.2) is 46.2 Å². The van der Waals surface area contributed by atoms with Gasteiger partial charge in [-0.1, -0.05) is 23.9 Å². The van der Waals surface area contributed by atoms with Crippen LogP contribution in [0, 0.1) is 10.1 Å². The number of carbonyl (C=O) groups excluding carboxylic acids is 1. The number of urea groups is 1. The summed E-state index contributed by atoms with van der Waals surface area (Å²) in [6.07, 6.45) is 0. The molecule has 1 aliphatic heterocycles. The number of hydrogen-bond acceptors (Lipinski definition) is 6. The number of rotatable bonds is 4. The van der Waals surface area contributed by atoms with Crippen molar-refractivity contribution in [2.75, 3.05) is 30.4 Å². The second kappa shape index (κ2) is 7.16. The normalized spacial score (nSPS) is 12.0. The van der Waals surface area contributed by atoms with E-state index >= 15 is 0 Å². The lowest BCUT2D eigenvalue weighted by Gasteiger charge is -2.31.